The molecule has 2 aliphatic rings. The van der Waals surface area contributed by atoms with E-state index in [1.165, 1.54) is 24.3 Å². The maximum absolute atomic E-state index is 12.9. The second-order valence-electron chi connectivity index (χ2n) is 6.68. The van der Waals surface area contributed by atoms with Gasteiger partial charge in [0.15, 0.2) is 0 Å². The molecule has 4 rings (SSSR count). The Kier molecular flexibility index (Phi) is 4.51. The molecule has 0 aliphatic carbocycles. The second-order valence-corrected chi connectivity index (χ2v) is 6.68. The van der Waals surface area contributed by atoms with Crippen LogP contribution in [0, 0.1) is 5.92 Å². The van der Waals surface area contributed by atoms with Crippen LogP contribution in [0.5, 0.6) is 5.75 Å². The number of rotatable bonds is 4. The van der Waals surface area contributed by atoms with Crippen LogP contribution in [0.4, 0.5) is 18.9 Å². The molecule has 0 saturated carbocycles. The number of halogens is 3. The molecule has 0 spiro atoms. The van der Waals surface area contributed by atoms with Gasteiger partial charge in [-0.2, -0.15) is 0 Å². The van der Waals surface area contributed by atoms with Crippen molar-refractivity contribution in [3.05, 3.63) is 54.4 Å². The van der Waals surface area contributed by atoms with Crippen molar-refractivity contribution < 1.29 is 27.4 Å². The fourth-order valence-electron chi connectivity index (χ4n) is 3.99. The van der Waals surface area contributed by atoms with E-state index in [2.05, 4.69) is 15.0 Å². The van der Waals surface area contributed by atoms with E-state index in [0.29, 0.717) is 5.69 Å². The Morgan fingerprint density at radius 2 is 1.74 bits per heavy atom. The van der Waals surface area contributed by atoms with Crippen LogP contribution in [0.15, 0.2) is 48.8 Å². The third-order valence-electron chi connectivity index (χ3n) is 5.02. The maximum Gasteiger partial charge on any atom is 0.573 e. The smallest absolute Gasteiger partial charge is 0.406 e. The first-order chi connectivity index (χ1) is 12.9. The van der Waals surface area contributed by atoms with Crippen LogP contribution in [0.1, 0.15) is 24.3 Å². The Balaban J connectivity index is 1.49. The van der Waals surface area contributed by atoms with Crippen LogP contribution in [-0.2, 0) is 9.53 Å². The molecule has 2 aliphatic heterocycles. The average Bonchev–Trinajstić information content (AvgIpc) is 3.24. The maximum atomic E-state index is 12.9. The first kappa shape index (κ1) is 17.8. The van der Waals surface area contributed by atoms with Crippen molar-refractivity contribution in [3.8, 4) is 5.75 Å². The monoisotopic (exact) mass is 378 g/mol. The van der Waals surface area contributed by atoms with E-state index in [9.17, 15) is 18.0 Å². The van der Waals surface area contributed by atoms with Crippen molar-refractivity contribution in [3.63, 3.8) is 0 Å². The molecular formula is C19H17F3N2O3. The number of amides is 1. The first-order valence-electron chi connectivity index (χ1n) is 8.63. The molecule has 142 valence electrons. The molecule has 0 unspecified atom stereocenters. The highest BCUT2D eigenvalue weighted by Gasteiger charge is 2.52. The minimum atomic E-state index is -4.75. The normalized spacial score (nSPS) is 26.8. The van der Waals surface area contributed by atoms with Gasteiger partial charge >= 0.3 is 6.36 Å². The Morgan fingerprint density at radius 3 is 2.41 bits per heavy atom. The van der Waals surface area contributed by atoms with Crippen LogP contribution >= 0.6 is 0 Å². The number of fused-ring (bicyclic) bond motifs is 2. The van der Waals surface area contributed by atoms with E-state index in [1.807, 2.05) is 12.1 Å². The molecule has 1 N–H and O–H groups in total. The number of carbonyl (C=O) groups is 1. The topological polar surface area (TPSA) is 60.5 Å². The van der Waals surface area contributed by atoms with Crippen molar-refractivity contribution in [1.29, 1.82) is 0 Å². The molecule has 3 heterocycles. The molecule has 5 nitrogen and oxygen atoms in total. The molecule has 1 amide bonds. The molecule has 2 bridgehead atoms. The molecule has 1 aromatic carbocycles. The van der Waals surface area contributed by atoms with E-state index in [0.717, 1.165) is 18.4 Å². The van der Waals surface area contributed by atoms with E-state index < -0.39 is 6.36 Å². The fourth-order valence-corrected chi connectivity index (χ4v) is 3.99. The van der Waals surface area contributed by atoms with E-state index in [4.69, 9.17) is 4.74 Å². The molecule has 2 saturated heterocycles. The zero-order chi connectivity index (χ0) is 19.0. The molecule has 4 atom stereocenters. The minimum absolute atomic E-state index is 0.00397. The Morgan fingerprint density at radius 1 is 1.07 bits per heavy atom. The van der Waals surface area contributed by atoms with Crippen LogP contribution in [-0.4, -0.2) is 29.5 Å². The Labute approximate surface area is 153 Å². The largest absolute Gasteiger partial charge is 0.573 e. The summed E-state index contributed by atoms with van der Waals surface area (Å²) in [5, 5.41) is 2.79. The number of carbonyl (C=O) groups excluding carboxylic acids is 1. The highest BCUT2D eigenvalue weighted by molar-refractivity contribution is 5.94. The van der Waals surface area contributed by atoms with E-state index in [-0.39, 0.29) is 35.7 Å². The van der Waals surface area contributed by atoms with Gasteiger partial charge < -0.3 is 14.8 Å². The van der Waals surface area contributed by atoms with E-state index >= 15 is 0 Å². The molecule has 2 aromatic rings. The highest BCUT2D eigenvalue weighted by Crippen LogP contribution is 2.49. The lowest BCUT2D eigenvalue weighted by molar-refractivity contribution is -0.274. The summed E-state index contributed by atoms with van der Waals surface area (Å²) in [5.41, 5.74) is 1.41. The molecule has 0 radical (unpaired) electrons. The number of hydrogen-bond donors (Lipinski definition) is 1. The number of nitrogens with one attached hydrogen (secondary N) is 1. The highest BCUT2D eigenvalue weighted by atomic mass is 19.4. The number of pyridine rings is 1. The van der Waals surface area contributed by atoms with Gasteiger partial charge in [-0.1, -0.05) is 0 Å². The van der Waals surface area contributed by atoms with E-state index in [1.54, 1.807) is 12.4 Å². The fraction of sp³-hybridized carbons (Fsp3) is 0.368. The number of aromatic nitrogens is 1. The van der Waals surface area contributed by atoms with Crippen molar-refractivity contribution in [1.82, 2.24) is 4.98 Å². The summed E-state index contributed by atoms with van der Waals surface area (Å²) in [6.45, 7) is 0. The van der Waals surface area contributed by atoms with Gasteiger partial charge in [0, 0.05) is 24.0 Å². The Bertz CT molecular complexity index is 811. The number of ether oxygens (including phenoxy) is 2. The number of benzene rings is 1. The standard InChI is InChI=1S/C19H17F3N2O3/c20-19(21,22)27-13-3-1-12(2-4-13)24-18(25)17-15-6-5-14(26-15)16(17)11-7-9-23-10-8-11/h1-4,7-10,14-17H,5-6H2,(H,24,25)/t14-,15+,16+,17+/m0/s1. The van der Waals surface area contributed by atoms with Crippen molar-refractivity contribution in [2.24, 2.45) is 5.92 Å². The molecule has 27 heavy (non-hydrogen) atoms. The summed E-state index contributed by atoms with van der Waals surface area (Å²) >= 11 is 0. The summed E-state index contributed by atoms with van der Waals surface area (Å²) in [6, 6.07) is 8.88. The van der Waals surface area contributed by atoms with Gasteiger partial charge in [-0.05, 0) is 54.8 Å². The predicted molar refractivity (Wildman–Crippen MR) is 90.1 cm³/mol. The van der Waals surface area contributed by atoms with Gasteiger partial charge in [0.05, 0.1) is 18.1 Å². The second kappa shape index (κ2) is 6.84. The van der Waals surface area contributed by atoms with Crippen LogP contribution in [0.25, 0.3) is 0 Å². The molecular weight excluding hydrogens is 361 g/mol. The lowest BCUT2D eigenvalue weighted by atomic mass is 9.75. The number of hydrogen-bond acceptors (Lipinski definition) is 4. The SMILES string of the molecule is O=C(Nc1ccc(OC(F)(F)F)cc1)[C@H]1[C@H](c2ccncc2)[C@@H]2CC[C@H]1O2. The third kappa shape index (κ3) is 3.75. The van der Waals surface area contributed by atoms with Crippen molar-refractivity contribution >= 4 is 11.6 Å². The summed E-state index contributed by atoms with van der Waals surface area (Å²) in [7, 11) is 0. The van der Waals surface area contributed by atoms with Gasteiger partial charge in [0.2, 0.25) is 5.91 Å². The lowest BCUT2D eigenvalue weighted by Crippen LogP contribution is -2.36. The van der Waals surface area contributed by atoms with Gasteiger partial charge in [0.1, 0.15) is 5.75 Å². The zero-order valence-corrected chi connectivity index (χ0v) is 14.1. The van der Waals surface area contributed by atoms with Crippen LogP contribution in [0.3, 0.4) is 0 Å². The van der Waals surface area contributed by atoms with Crippen molar-refractivity contribution in [2.45, 2.75) is 37.3 Å². The summed E-state index contributed by atoms with van der Waals surface area (Å²) in [5.74, 6) is -0.941. The third-order valence-corrected chi connectivity index (χ3v) is 5.02. The number of nitrogens with zero attached hydrogens (tertiary/aromatic N) is 1. The predicted octanol–water partition coefficient (Wildman–Crippen LogP) is 3.88. The summed E-state index contributed by atoms with van der Waals surface area (Å²) in [6.07, 6.45) is 0.207. The van der Waals surface area contributed by atoms with Crippen molar-refractivity contribution in [2.75, 3.05) is 5.32 Å². The molecule has 1 aromatic heterocycles. The van der Waals surface area contributed by atoms with Crippen LogP contribution < -0.4 is 10.1 Å². The molecule has 2 fully saturated rings. The molecule has 8 heteroatoms. The van der Waals surface area contributed by atoms with Gasteiger partial charge in [-0.25, -0.2) is 0 Å². The summed E-state index contributed by atoms with van der Waals surface area (Å²) in [4.78, 5) is 16.9. The Hall–Kier alpha value is -2.61. The van der Waals surface area contributed by atoms with Gasteiger partial charge in [-0.3, -0.25) is 9.78 Å². The summed E-state index contributed by atoms with van der Waals surface area (Å²) < 4.78 is 46.5. The van der Waals surface area contributed by atoms with Crippen LogP contribution in [0.2, 0.25) is 0 Å². The minimum Gasteiger partial charge on any atom is -0.406 e. The van der Waals surface area contributed by atoms with Gasteiger partial charge in [-0.15, -0.1) is 13.2 Å². The number of anilines is 1. The number of alkyl halides is 3. The quantitative estimate of drug-likeness (QED) is 0.877. The van der Waals surface area contributed by atoms with Gasteiger partial charge in [0.25, 0.3) is 0 Å². The lowest BCUT2D eigenvalue weighted by Gasteiger charge is -2.27. The zero-order valence-electron chi connectivity index (χ0n) is 14.1. The average molecular weight is 378 g/mol. The first-order valence-corrected chi connectivity index (χ1v) is 8.63.